The molecular weight excluding hydrogens is 162 g/mol. The van der Waals surface area contributed by atoms with Crippen molar-refractivity contribution in [1.82, 2.24) is 0 Å². The van der Waals surface area contributed by atoms with E-state index in [1.165, 1.54) is 0 Å². The van der Waals surface area contributed by atoms with Crippen LogP contribution in [0.4, 0.5) is 0 Å². The maximum atomic E-state index is 4.90. The monoisotopic (exact) mass is 171 g/mol. The molecule has 1 radical (unpaired) electrons. The molecule has 0 aromatic heterocycles. The molecule has 0 amide bonds. The Bertz CT molecular complexity index is 15.7. The Morgan fingerprint density at radius 1 is 0.857 bits per heavy atom. The van der Waals surface area contributed by atoms with Crippen LogP contribution in [0.25, 0.3) is 0 Å². The second kappa shape index (κ2) is 23.7. The van der Waals surface area contributed by atoms with Crippen LogP contribution in [0.1, 0.15) is 0 Å². The molecule has 2 nitrogen and oxygen atoms in total. The minimum absolute atomic E-state index is 0. The molecule has 4 N–H and O–H groups in total. The van der Waals surface area contributed by atoms with Gasteiger partial charge in [0, 0.05) is 30.2 Å². The fraction of sp³-hybridized carbons (Fsp3) is 1.00. The molecular formula is C2H10CuN2Na2. The third kappa shape index (κ3) is 29.6. The Kier molecular flexibility index (Phi) is 76.9. The fourth-order valence-corrected chi connectivity index (χ4v) is 0. The van der Waals surface area contributed by atoms with E-state index in [0.29, 0.717) is 13.1 Å². The van der Waals surface area contributed by atoms with Crippen LogP contribution in [0, 0.1) is 0 Å². The quantitative estimate of drug-likeness (QED) is 0.433. The molecule has 0 rings (SSSR count). The molecule has 0 fully saturated rings. The third-order valence-corrected chi connectivity index (χ3v) is 0.167. The van der Waals surface area contributed by atoms with Crippen LogP contribution in [0.15, 0.2) is 0 Å². The molecule has 0 aromatic rings. The molecule has 0 spiro atoms. The second-order valence-electron chi connectivity index (χ2n) is 0.577. The van der Waals surface area contributed by atoms with E-state index >= 15 is 0 Å². The van der Waals surface area contributed by atoms with Gasteiger partial charge in [-0.2, -0.15) is 0 Å². The minimum atomic E-state index is 0. The van der Waals surface area contributed by atoms with Crippen LogP contribution >= 0.6 is 0 Å². The van der Waals surface area contributed by atoms with Gasteiger partial charge in [-0.25, -0.2) is 0 Å². The van der Waals surface area contributed by atoms with Crippen molar-refractivity contribution in [2.75, 3.05) is 13.1 Å². The fourth-order valence-electron chi connectivity index (χ4n) is 0. The van der Waals surface area contributed by atoms with Crippen molar-refractivity contribution in [3.63, 3.8) is 0 Å². The Hall–Kier alpha value is 2.44. The first kappa shape index (κ1) is 22.7. The maximum absolute atomic E-state index is 4.90. The zero-order valence-electron chi connectivity index (χ0n) is 2.87. The van der Waals surface area contributed by atoms with E-state index in [2.05, 4.69) is 0 Å². The van der Waals surface area contributed by atoms with E-state index in [1.807, 2.05) is 0 Å². The Balaban J connectivity index is -0.0000000150. The summed E-state index contributed by atoms with van der Waals surface area (Å²) in [4.78, 5) is 0. The number of hydrogen-bond acceptors (Lipinski definition) is 2. The first-order chi connectivity index (χ1) is 1.91. The third-order valence-electron chi connectivity index (χ3n) is 0.167. The second-order valence-corrected chi connectivity index (χ2v) is 0.577. The number of nitrogens with two attached hydrogens (primary N) is 2. The summed E-state index contributed by atoms with van der Waals surface area (Å²) in [5.41, 5.74) is 9.81. The first-order valence-electron chi connectivity index (χ1n) is 1.32. The summed E-state index contributed by atoms with van der Waals surface area (Å²) < 4.78 is 0. The van der Waals surface area contributed by atoms with Crippen LogP contribution < -0.4 is 11.5 Å². The van der Waals surface area contributed by atoms with Crippen molar-refractivity contribution >= 4 is 59.1 Å². The van der Waals surface area contributed by atoms with Gasteiger partial charge in [0.05, 0.1) is 0 Å². The summed E-state index contributed by atoms with van der Waals surface area (Å²) in [6.07, 6.45) is 0. The van der Waals surface area contributed by atoms with Crippen LogP contribution in [0.3, 0.4) is 0 Å². The van der Waals surface area contributed by atoms with Gasteiger partial charge >= 0.3 is 59.1 Å². The van der Waals surface area contributed by atoms with Crippen LogP contribution in [0.5, 0.6) is 0 Å². The van der Waals surface area contributed by atoms with Crippen molar-refractivity contribution in [2.24, 2.45) is 11.5 Å². The molecule has 41 valence electrons. The van der Waals surface area contributed by atoms with E-state index in [1.54, 1.807) is 0 Å². The van der Waals surface area contributed by atoms with E-state index in [4.69, 9.17) is 11.5 Å². The summed E-state index contributed by atoms with van der Waals surface area (Å²) in [6.45, 7) is 1.19. The SMILES string of the molecule is NCCN.[Cu].[NaH].[NaH]. The molecule has 0 unspecified atom stereocenters. The first-order valence-corrected chi connectivity index (χ1v) is 1.32. The molecule has 0 aliphatic heterocycles. The number of hydrogen-bond donors (Lipinski definition) is 2. The van der Waals surface area contributed by atoms with Gasteiger partial charge < -0.3 is 11.5 Å². The Morgan fingerprint density at radius 3 is 1.00 bits per heavy atom. The molecule has 0 aliphatic carbocycles. The summed E-state index contributed by atoms with van der Waals surface area (Å²) in [5.74, 6) is 0. The normalized spacial score (nSPS) is 4.29. The zero-order valence-corrected chi connectivity index (χ0v) is 3.81. The van der Waals surface area contributed by atoms with E-state index in [9.17, 15) is 0 Å². The molecule has 0 aliphatic rings. The predicted molar refractivity (Wildman–Crippen MR) is 32.4 cm³/mol. The molecule has 0 bridgehead atoms. The van der Waals surface area contributed by atoms with Crippen LogP contribution in [-0.2, 0) is 17.1 Å². The van der Waals surface area contributed by atoms with Gasteiger partial charge in [-0.3, -0.25) is 0 Å². The predicted octanol–water partition coefficient (Wildman–Crippen LogP) is -2.40. The van der Waals surface area contributed by atoms with Gasteiger partial charge in [0.1, 0.15) is 0 Å². The zero-order chi connectivity index (χ0) is 3.41. The van der Waals surface area contributed by atoms with Gasteiger partial charge in [0.15, 0.2) is 0 Å². The molecule has 0 atom stereocenters. The van der Waals surface area contributed by atoms with Gasteiger partial charge in [-0.1, -0.05) is 0 Å². The molecule has 5 heteroatoms. The van der Waals surface area contributed by atoms with Crippen LogP contribution in [-0.4, -0.2) is 72.2 Å². The van der Waals surface area contributed by atoms with E-state index in [-0.39, 0.29) is 76.2 Å². The molecule has 7 heavy (non-hydrogen) atoms. The van der Waals surface area contributed by atoms with Gasteiger partial charge in [-0.15, -0.1) is 0 Å². The van der Waals surface area contributed by atoms with Crippen molar-refractivity contribution in [3.05, 3.63) is 0 Å². The molecule has 0 saturated carbocycles. The molecule has 0 heterocycles. The Morgan fingerprint density at radius 2 is 1.00 bits per heavy atom. The number of rotatable bonds is 1. The van der Waals surface area contributed by atoms with E-state index in [0.717, 1.165) is 0 Å². The molecule has 0 saturated heterocycles. The Labute approximate surface area is 99.2 Å². The summed E-state index contributed by atoms with van der Waals surface area (Å²) in [5, 5.41) is 0. The summed E-state index contributed by atoms with van der Waals surface area (Å²) in [7, 11) is 0. The summed E-state index contributed by atoms with van der Waals surface area (Å²) in [6, 6.07) is 0. The van der Waals surface area contributed by atoms with Gasteiger partial charge in [-0.05, 0) is 0 Å². The van der Waals surface area contributed by atoms with Gasteiger partial charge in [0.2, 0.25) is 0 Å². The van der Waals surface area contributed by atoms with E-state index < -0.39 is 0 Å². The van der Waals surface area contributed by atoms with Crippen molar-refractivity contribution in [3.8, 4) is 0 Å². The molecule has 0 aromatic carbocycles. The summed E-state index contributed by atoms with van der Waals surface area (Å²) >= 11 is 0. The van der Waals surface area contributed by atoms with Gasteiger partial charge in [0.25, 0.3) is 0 Å². The topological polar surface area (TPSA) is 52.0 Å². The average Bonchev–Trinajstić information content (AvgIpc) is 1.37. The van der Waals surface area contributed by atoms with Crippen molar-refractivity contribution in [1.29, 1.82) is 0 Å². The van der Waals surface area contributed by atoms with Crippen LogP contribution in [0.2, 0.25) is 0 Å². The van der Waals surface area contributed by atoms with Crippen molar-refractivity contribution < 1.29 is 17.1 Å². The average molecular weight is 172 g/mol. The standard InChI is InChI=1S/C2H8N2.Cu.2Na.2H/c3-1-2-4;;;;;/h1-4H2;;;;;. The van der Waals surface area contributed by atoms with Crippen molar-refractivity contribution in [2.45, 2.75) is 0 Å².